The molecule has 31 heteroatoms. The highest BCUT2D eigenvalue weighted by Gasteiger charge is 2.46. The van der Waals surface area contributed by atoms with Gasteiger partial charge in [-0.15, -0.1) is 0 Å². The van der Waals surface area contributed by atoms with E-state index in [4.69, 9.17) is 17.2 Å². The molecule has 0 bridgehead atoms. The first-order valence-electron chi connectivity index (χ1n) is 34.5. The Hall–Kier alpha value is -10.1. The van der Waals surface area contributed by atoms with Crippen LogP contribution in [0.4, 0.5) is 11.4 Å². The van der Waals surface area contributed by atoms with Crippen molar-refractivity contribution in [1.82, 2.24) is 42.1 Å². The minimum absolute atomic E-state index is 0.0114. The van der Waals surface area contributed by atoms with Crippen LogP contribution >= 0.6 is 21.6 Å². The average Bonchev–Trinajstić information content (AvgIpc) is 1.58. The summed E-state index contributed by atoms with van der Waals surface area (Å²) in [5, 5.41) is 63.9. The highest BCUT2D eigenvalue weighted by Crippen LogP contribution is 2.51. The molecule has 0 spiro atoms. The Balaban J connectivity index is 1.07. The SMILES string of the molecule is CC1(C)C(=CC=CC=CC=CC2=[N+](CCC(=O)[O-])c3ccc4ccccc4c3C2(C)C)N(CCC(=O)N[C@@H]2CSSC[C@@H](C(=O)N[C@@H](CCCCN)C(=O)O)NC(=O)[C@@H]3CCCN3C(=O)[C@H](CO)NC(=O)[C@H](CC(=O)O)NC(=O)[C@H](CCCN=C(N)N)NC(=O)CNC2=O)c2ccc3ccccc3c21. The molecule has 0 unspecified atom stereocenters. The Morgan fingerprint density at radius 1 is 0.760 bits per heavy atom. The van der Waals surface area contributed by atoms with Crippen molar-refractivity contribution in [2.24, 2.45) is 22.2 Å². The van der Waals surface area contributed by atoms with Gasteiger partial charge in [0.25, 0.3) is 0 Å². The number of hydrogen-bond donors (Lipinski definition) is 13. The summed E-state index contributed by atoms with van der Waals surface area (Å²) in [5.41, 5.74) is 21.3. The van der Waals surface area contributed by atoms with Crippen molar-refractivity contribution in [2.75, 3.05) is 62.3 Å². The molecule has 8 rings (SSSR count). The molecule has 4 aromatic carbocycles. The van der Waals surface area contributed by atoms with Crippen LogP contribution in [-0.4, -0.2) is 201 Å². The zero-order valence-electron chi connectivity index (χ0n) is 58.5. The van der Waals surface area contributed by atoms with Gasteiger partial charge in [-0.05, 0) is 111 Å². The molecule has 8 amide bonds. The van der Waals surface area contributed by atoms with Crippen LogP contribution in [-0.2, 0) is 63.6 Å². The second-order valence-electron chi connectivity index (χ2n) is 26.7. The maximum absolute atomic E-state index is 14.6. The Labute approximate surface area is 609 Å². The fourth-order valence-electron chi connectivity index (χ4n) is 13.5. The van der Waals surface area contributed by atoms with E-state index in [-0.39, 0.29) is 95.1 Å². The number of amides is 8. The number of carboxylic acids is 3. The average molecular weight is 1470 g/mol. The number of unbranched alkanes of at least 4 members (excludes halogenated alkanes) is 1. The number of rotatable bonds is 25. The van der Waals surface area contributed by atoms with Gasteiger partial charge in [-0.3, -0.25) is 48.1 Å². The van der Waals surface area contributed by atoms with Crippen LogP contribution in [0.3, 0.4) is 0 Å². The number of aliphatic hydroxyl groups is 1. The summed E-state index contributed by atoms with van der Waals surface area (Å²) in [6.07, 6.45) is 12.9. The van der Waals surface area contributed by atoms with Gasteiger partial charge in [0, 0.05) is 84.5 Å². The molecule has 4 aliphatic rings. The largest absolute Gasteiger partial charge is 0.550 e. The molecule has 104 heavy (non-hydrogen) atoms. The van der Waals surface area contributed by atoms with E-state index < -0.39 is 138 Å². The number of allylic oxidation sites excluding steroid dienone is 8. The maximum Gasteiger partial charge on any atom is 0.326 e. The van der Waals surface area contributed by atoms with E-state index in [1.807, 2.05) is 113 Å². The van der Waals surface area contributed by atoms with Crippen molar-refractivity contribution < 1.29 is 77.7 Å². The quantitative estimate of drug-likeness (QED) is 0.0111. The molecule has 2 saturated heterocycles. The number of carboxylic acid groups (broad SMARTS) is 3. The van der Waals surface area contributed by atoms with Crippen LogP contribution in [0.25, 0.3) is 21.5 Å². The topological polar surface area (TPSA) is 456 Å². The van der Waals surface area contributed by atoms with Crippen LogP contribution in [0.2, 0.25) is 0 Å². The van der Waals surface area contributed by atoms with E-state index in [1.165, 1.54) is 0 Å². The predicted octanol–water partition coefficient (Wildman–Crippen LogP) is 1.39. The Bertz CT molecular complexity index is 4110. The van der Waals surface area contributed by atoms with Crippen molar-refractivity contribution in [3.8, 4) is 0 Å². The minimum atomic E-state index is -1.92. The predicted molar refractivity (Wildman–Crippen MR) is 395 cm³/mol. The molecule has 16 N–H and O–H groups in total. The van der Waals surface area contributed by atoms with Gasteiger partial charge < -0.3 is 89.4 Å². The highest BCUT2D eigenvalue weighted by atomic mass is 33.1. The van der Waals surface area contributed by atoms with Gasteiger partial charge in [-0.1, -0.05) is 120 Å². The number of nitrogens with two attached hydrogens (primary N) is 3. The number of fused-ring (bicyclic) bond motifs is 7. The summed E-state index contributed by atoms with van der Waals surface area (Å²) in [6.45, 7) is 7.07. The molecule has 29 nitrogen and oxygen atoms in total. The van der Waals surface area contributed by atoms with Gasteiger partial charge in [0.15, 0.2) is 18.2 Å². The smallest absolute Gasteiger partial charge is 0.326 e. The Morgan fingerprint density at radius 3 is 2.11 bits per heavy atom. The van der Waals surface area contributed by atoms with Crippen molar-refractivity contribution in [2.45, 2.75) is 145 Å². The third kappa shape index (κ3) is 20.2. The number of benzene rings is 4. The fraction of sp³-hybridized carbons (Fsp3) is 0.438. The van der Waals surface area contributed by atoms with Crippen molar-refractivity contribution >= 4 is 131 Å². The second-order valence-corrected chi connectivity index (χ2v) is 29.2. The number of aliphatic hydroxyl groups excluding tert-OH is 1. The molecule has 0 aliphatic carbocycles. The van der Waals surface area contributed by atoms with Gasteiger partial charge >= 0.3 is 11.9 Å². The number of nitrogens with one attached hydrogen (secondary N) is 7. The molecule has 0 aromatic heterocycles. The van der Waals surface area contributed by atoms with Crippen molar-refractivity contribution in [1.29, 1.82) is 0 Å². The molecule has 4 aliphatic heterocycles. The number of nitrogens with zero attached hydrogens (tertiary/aromatic N) is 4. The first-order valence-corrected chi connectivity index (χ1v) is 37.0. The van der Waals surface area contributed by atoms with E-state index in [0.29, 0.717) is 12.8 Å². The van der Waals surface area contributed by atoms with Gasteiger partial charge in [0.1, 0.15) is 42.3 Å². The zero-order valence-corrected chi connectivity index (χ0v) is 60.2. The Morgan fingerprint density at radius 2 is 1.42 bits per heavy atom. The maximum atomic E-state index is 14.6. The molecule has 2 fully saturated rings. The van der Waals surface area contributed by atoms with Crippen LogP contribution in [0.5, 0.6) is 0 Å². The summed E-state index contributed by atoms with van der Waals surface area (Å²) in [7, 11) is 1.96. The van der Waals surface area contributed by atoms with Crippen molar-refractivity contribution in [3.05, 3.63) is 132 Å². The lowest BCUT2D eigenvalue weighted by atomic mass is 9.79. The summed E-state index contributed by atoms with van der Waals surface area (Å²) in [5.74, 6) is -12.3. The van der Waals surface area contributed by atoms with Gasteiger partial charge in [-0.25, -0.2) is 4.79 Å². The van der Waals surface area contributed by atoms with E-state index in [2.05, 4.69) is 82.0 Å². The summed E-state index contributed by atoms with van der Waals surface area (Å²) in [6, 6.07) is 13.3. The standard InChI is InChI=1S/C73H92N14O15S2/c1-72(2)56(25-8-6-5-7-9-26-57-73(3,4)63-46-21-13-11-19-44(46)28-30-54(63)86(57)37-32-60(91)92)85(53-29-27-43-18-10-12-20-45(43)62(53)72)36-31-58(89)80-51-41-103-104-42-52(67(98)81-48(70(101)102)22-14-15-33-74)84-68(99)55-24-17-35-87(55)69(100)50(40-88)83-66(97)49(38-61(93)94)82-65(96)47(23-16-34-77-71(75)76)79-59(90)39-78-64(51)95/h5-13,18-21,25-30,47-52,55,88H,14-17,22-24,31-42,74H2,1-4H3,(H13-,75,76,77,78,79,80,81,82,83,84,89,90,91,92,93,94,95,96,97,98,99,101,102)/t47-,48-,49-,50-,51+,52-,55-/m0/s1. The van der Waals surface area contributed by atoms with Crippen LogP contribution in [0, 0.1) is 0 Å². The number of anilines is 1. The minimum Gasteiger partial charge on any atom is -0.550 e. The molecule has 0 saturated carbocycles. The lowest BCUT2D eigenvalue weighted by Crippen LogP contribution is -2.60. The number of carbonyl (C=O) groups excluding carboxylic acids is 9. The van der Waals surface area contributed by atoms with Crippen molar-refractivity contribution in [3.63, 3.8) is 0 Å². The number of aliphatic carboxylic acids is 3. The molecule has 556 valence electrons. The molecule has 4 aromatic rings. The highest BCUT2D eigenvalue weighted by molar-refractivity contribution is 8.76. The third-order valence-electron chi connectivity index (χ3n) is 18.6. The zero-order chi connectivity index (χ0) is 75.4. The summed E-state index contributed by atoms with van der Waals surface area (Å²) >= 11 is 0. The first kappa shape index (κ1) is 79.6. The van der Waals surface area contributed by atoms with E-state index in [0.717, 1.165) is 81.9 Å². The fourth-order valence-corrected chi connectivity index (χ4v) is 15.9. The lowest BCUT2D eigenvalue weighted by molar-refractivity contribution is -0.439. The molecular weight excluding hydrogens is 1380 g/mol. The summed E-state index contributed by atoms with van der Waals surface area (Å²) in [4.78, 5) is 157. The van der Waals surface area contributed by atoms with E-state index >= 15 is 0 Å². The van der Waals surface area contributed by atoms with Gasteiger partial charge in [-0.2, -0.15) is 4.58 Å². The molecule has 0 radical (unpaired) electrons. The van der Waals surface area contributed by atoms with E-state index in [9.17, 15) is 73.2 Å². The normalized spacial score (nSPS) is 22.0. The van der Waals surface area contributed by atoms with Gasteiger partial charge in [0.05, 0.1) is 25.0 Å². The van der Waals surface area contributed by atoms with Crippen LogP contribution in [0.1, 0.15) is 103 Å². The van der Waals surface area contributed by atoms with Gasteiger partial charge in [0.2, 0.25) is 52.9 Å². The second kappa shape index (κ2) is 36.9. The van der Waals surface area contributed by atoms with Crippen LogP contribution in [0.15, 0.2) is 126 Å². The summed E-state index contributed by atoms with van der Waals surface area (Å²) < 4.78 is 2.04. The number of hydrogen-bond acceptors (Lipinski definition) is 18. The number of aliphatic imine (C=N–C) groups is 1. The molecule has 4 heterocycles. The lowest BCUT2D eigenvalue weighted by Gasteiger charge is -2.30. The Kier molecular flexibility index (Phi) is 28.2. The third-order valence-corrected chi connectivity index (χ3v) is 21.1. The number of carbonyl (C=O) groups is 11. The number of guanidine groups is 1. The van der Waals surface area contributed by atoms with E-state index in [1.54, 1.807) is 0 Å². The monoisotopic (exact) mass is 1470 g/mol. The van der Waals surface area contributed by atoms with Crippen LogP contribution < -0.4 is 64.4 Å². The molecular formula is C73H92N14O15S2. The molecule has 7 atom stereocenters. The first-order chi connectivity index (χ1) is 49.7.